The quantitative estimate of drug-likeness (QED) is 0.414. The Balaban J connectivity index is 3.10. The molecule has 0 aliphatic carbocycles. The fraction of sp³-hybridized carbons (Fsp3) is 0.800. The second-order valence-electron chi connectivity index (χ2n) is 4.61. The van der Waals surface area contributed by atoms with Crippen molar-refractivity contribution < 1.29 is 9.53 Å². The number of unbranched alkanes of at least 4 members (excludes halogenated alkanes) is 7. The molecule has 0 aliphatic heterocycles. The van der Waals surface area contributed by atoms with Gasteiger partial charge in [-0.25, -0.2) is 4.79 Å². The van der Waals surface area contributed by atoms with Gasteiger partial charge >= 0.3 is 6.09 Å². The van der Waals surface area contributed by atoms with Crippen molar-refractivity contribution in [1.29, 1.82) is 0 Å². The van der Waals surface area contributed by atoms with Gasteiger partial charge in [0.05, 0.1) is 6.61 Å². The summed E-state index contributed by atoms with van der Waals surface area (Å²) in [7, 11) is 0. The second kappa shape index (κ2) is 14.1. The van der Waals surface area contributed by atoms with Crippen molar-refractivity contribution in [1.82, 2.24) is 5.32 Å². The predicted octanol–water partition coefficient (Wildman–Crippen LogP) is 4.43. The summed E-state index contributed by atoms with van der Waals surface area (Å²) in [5.41, 5.74) is 0. The minimum Gasteiger partial charge on any atom is -0.450 e. The minimum atomic E-state index is -0.269. The molecule has 0 unspecified atom stereocenters. The summed E-state index contributed by atoms with van der Waals surface area (Å²) in [5, 5.41) is 2.74. The molecule has 0 aliphatic rings. The van der Waals surface area contributed by atoms with E-state index in [-0.39, 0.29) is 6.09 Å². The van der Waals surface area contributed by atoms with Crippen molar-refractivity contribution in [3.8, 4) is 0 Å². The smallest absolute Gasteiger partial charge is 0.407 e. The van der Waals surface area contributed by atoms with E-state index in [1.165, 1.54) is 25.7 Å². The van der Waals surface area contributed by atoms with Crippen LogP contribution in [0.5, 0.6) is 0 Å². The van der Waals surface area contributed by atoms with Crippen molar-refractivity contribution in [2.24, 2.45) is 0 Å². The summed E-state index contributed by atoms with van der Waals surface area (Å²) in [6.07, 6.45) is 12.1. The van der Waals surface area contributed by atoms with E-state index in [0.29, 0.717) is 6.61 Å². The molecule has 0 fully saturated rings. The van der Waals surface area contributed by atoms with Crippen LogP contribution in [0.2, 0.25) is 0 Å². The molecule has 0 aromatic heterocycles. The lowest BCUT2D eigenvalue weighted by Gasteiger charge is -2.06. The Morgan fingerprint density at radius 2 is 1.78 bits per heavy atom. The number of allylic oxidation sites excluding steroid dienone is 1. The third kappa shape index (κ3) is 13.1. The summed E-state index contributed by atoms with van der Waals surface area (Å²) in [4.78, 5) is 11.2. The van der Waals surface area contributed by atoms with E-state index >= 15 is 0 Å². The number of alkyl carbamates (subject to hydrolysis) is 1. The molecule has 3 nitrogen and oxygen atoms in total. The van der Waals surface area contributed by atoms with E-state index in [2.05, 4.69) is 18.8 Å². The number of rotatable bonds is 12. The van der Waals surface area contributed by atoms with E-state index in [9.17, 15) is 4.79 Å². The molecule has 0 aromatic rings. The maximum Gasteiger partial charge on any atom is 0.407 e. The number of carbonyl (C=O) groups excluding carboxylic acids is 1. The highest BCUT2D eigenvalue weighted by molar-refractivity contribution is 5.66. The third-order valence-corrected chi connectivity index (χ3v) is 2.84. The Hall–Kier alpha value is -0.990. The van der Waals surface area contributed by atoms with Crippen LogP contribution in [-0.4, -0.2) is 19.2 Å². The topological polar surface area (TPSA) is 38.3 Å². The molecule has 0 heterocycles. The molecule has 1 amide bonds. The van der Waals surface area contributed by atoms with Gasteiger partial charge in [-0.3, -0.25) is 0 Å². The van der Waals surface area contributed by atoms with Crippen LogP contribution in [0.1, 0.15) is 64.7 Å². The van der Waals surface area contributed by atoms with Gasteiger partial charge in [-0.15, -0.1) is 6.58 Å². The molecule has 3 heteroatoms. The number of hydrogen-bond donors (Lipinski definition) is 1. The first-order chi connectivity index (χ1) is 8.81. The Morgan fingerprint density at radius 3 is 2.44 bits per heavy atom. The molecule has 0 atom stereocenters. The Kier molecular flexibility index (Phi) is 13.3. The van der Waals surface area contributed by atoms with Crippen LogP contribution in [0.4, 0.5) is 4.79 Å². The first-order valence-corrected chi connectivity index (χ1v) is 7.32. The number of ether oxygens (including phenoxy) is 1. The number of nitrogens with one attached hydrogen (secondary N) is 1. The molecular weight excluding hydrogens is 226 g/mol. The molecule has 0 radical (unpaired) electrons. The van der Waals surface area contributed by atoms with E-state index < -0.39 is 0 Å². The van der Waals surface area contributed by atoms with Crippen molar-refractivity contribution in [2.75, 3.05) is 13.2 Å². The van der Waals surface area contributed by atoms with Gasteiger partial charge in [0, 0.05) is 6.54 Å². The highest BCUT2D eigenvalue weighted by atomic mass is 16.5. The van der Waals surface area contributed by atoms with Crippen molar-refractivity contribution in [2.45, 2.75) is 64.7 Å². The number of carbonyl (C=O) groups is 1. The van der Waals surface area contributed by atoms with Crippen LogP contribution in [-0.2, 0) is 4.74 Å². The standard InChI is InChI=1S/C15H29NO2/c1-3-5-7-8-9-10-11-12-14-18-15(17)16-13-6-4-2/h3H,1,4-14H2,2H3,(H,16,17). The van der Waals surface area contributed by atoms with E-state index in [0.717, 1.165) is 38.6 Å². The van der Waals surface area contributed by atoms with Crippen LogP contribution >= 0.6 is 0 Å². The Labute approximate surface area is 112 Å². The van der Waals surface area contributed by atoms with Gasteiger partial charge < -0.3 is 10.1 Å². The molecular formula is C15H29NO2. The van der Waals surface area contributed by atoms with Gasteiger partial charge in [0.25, 0.3) is 0 Å². The summed E-state index contributed by atoms with van der Waals surface area (Å²) < 4.78 is 5.07. The molecule has 0 saturated carbocycles. The van der Waals surface area contributed by atoms with Gasteiger partial charge in [0.1, 0.15) is 0 Å². The van der Waals surface area contributed by atoms with Gasteiger partial charge in [-0.2, -0.15) is 0 Å². The minimum absolute atomic E-state index is 0.269. The molecule has 0 rings (SSSR count). The fourth-order valence-corrected chi connectivity index (χ4v) is 1.68. The van der Waals surface area contributed by atoms with Gasteiger partial charge in [-0.1, -0.05) is 45.1 Å². The zero-order valence-electron chi connectivity index (χ0n) is 11.9. The van der Waals surface area contributed by atoms with E-state index in [4.69, 9.17) is 4.74 Å². The molecule has 106 valence electrons. The SMILES string of the molecule is C=CCCCCCCCCOC(=O)NCCCC. The fourth-order valence-electron chi connectivity index (χ4n) is 1.68. The average Bonchev–Trinajstić information content (AvgIpc) is 2.37. The normalized spacial score (nSPS) is 10.1. The maximum absolute atomic E-state index is 11.2. The summed E-state index contributed by atoms with van der Waals surface area (Å²) in [5.74, 6) is 0. The maximum atomic E-state index is 11.2. The van der Waals surface area contributed by atoms with E-state index in [1.54, 1.807) is 0 Å². The first-order valence-electron chi connectivity index (χ1n) is 7.32. The van der Waals surface area contributed by atoms with Crippen molar-refractivity contribution in [3.63, 3.8) is 0 Å². The summed E-state index contributed by atoms with van der Waals surface area (Å²) in [6, 6.07) is 0. The first kappa shape index (κ1) is 17.0. The predicted molar refractivity (Wildman–Crippen MR) is 76.8 cm³/mol. The number of hydrogen-bond acceptors (Lipinski definition) is 2. The van der Waals surface area contributed by atoms with Crippen LogP contribution in [0.3, 0.4) is 0 Å². The highest BCUT2D eigenvalue weighted by Gasteiger charge is 1.99. The monoisotopic (exact) mass is 255 g/mol. The zero-order valence-corrected chi connectivity index (χ0v) is 11.9. The lowest BCUT2D eigenvalue weighted by Crippen LogP contribution is -2.25. The van der Waals surface area contributed by atoms with Crippen molar-refractivity contribution in [3.05, 3.63) is 12.7 Å². The zero-order chi connectivity index (χ0) is 13.5. The van der Waals surface area contributed by atoms with Crippen LogP contribution < -0.4 is 5.32 Å². The van der Waals surface area contributed by atoms with Crippen molar-refractivity contribution >= 4 is 6.09 Å². The lowest BCUT2D eigenvalue weighted by atomic mass is 10.1. The molecule has 18 heavy (non-hydrogen) atoms. The number of amides is 1. The summed E-state index contributed by atoms with van der Waals surface area (Å²) in [6.45, 7) is 7.07. The Morgan fingerprint density at radius 1 is 1.11 bits per heavy atom. The van der Waals surface area contributed by atoms with Gasteiger partial charge in [0.2, 0.25) is 0 Å². The molecule has 1 N–H and O–H groups in total. The third-order valence-electron chi connectivity index (χ3n) is 2.84. The van der Waals surface area contributed by atoms with Crippen LogP contribution in [0, 0.1) is 0 Å². The van der Waals surface area contributed by atoms with E-state index in [1.807, 2.05) is 6.08 Å². The molecule has 0 saturated heterocycles. The largest absolute Gasteiger partial charge is 0.450 e. The lowest BCUT2D eigenvalue weighted by molar-refractivity contribution is 0.143. The average molecular weight is 255 g/mol. The highest BCUT2D eigenvalue weighted by Crippen LogP contribution is 2.07. The van der Waals surface area contributed by atoms with Gasteiger partial charge in [-0.05, 0) is 25.7 Å². The summed E-state index contributed by atoms with van der Waals surface area (Å²) >= 11 is 0. The Bertz CT molecular complexity index is 205. The second-order valence-corrected chi connectivity index (χ2v) is 4.61. The van der Waals surface area contributed by atoms with Gasteiger partial charge in [0.15, 0.2) is 0 Å². The molecule has 0 bridgehead atoms. The van der Waals surface area contributed by atoms with Crippen LogP contribution in [0.25, 0.3) is 0 Å². The van der Waals surface area contributed by atoms with Crippen LogP contribution in [0.15, 0.2) is 12.7 Å². The molecule has 0 spiro atoms. The molecule has 0 aromatic carbocycles.